The van der Waals surface area contributed by atoms with E-state index in [4.69, 9.17) is 10.5 Å². The van der Waals surface area contributed by atoms with Crippen LogP contribution >= 0.6 is 0 Å². The maximum atomic E-state index is 13.2. The van der Waals surface area contributed by atoms with Gasteiger partial charge in [-0.05, 0) is 54.7 Å². The maximum absolute atomic E-state index is 13.2. The molecule has 2 heterocycles. The lowest BCUT2D eigenvalue weighted by atomic mass is 9.89. The number of nitrogens with two attached hydrogens (primary N) is 1. The molecule has 0 saturated carbocycles. The highest BCUT2D eigenvalue weighted by atomic mass is 16.5. The second kappa shape index (κ2) is 8.93. The number of ether oxygens (including phenoxy) is 1. The van der Waals surface area contributed by atoms with Gasteiger partial charge in [-0.1, -0.05) is 13.0 Å². The maximum Gasteiger partial charge on any atom is 0.313 e. The van der Waals surface area contributed by atoms with Crippen molar-refractivity contribution in [1.82, 2.24) is 14.7 Å². The number of hydrogen-bond acceptors (Lipinski definition) is 5. The summed E-state index contributed by atoms with van der Waals surface area (Å²) in [7, 11) is 3.29. The number of anilines is 1. The number of aromatic nitrogens is 2. The average molecular weight is 450 g/mol. The Bertz CT molecular complexity index is 1230. The van der Waals surface area contributed by atoms with Gasteiger partial charge in [0.15, 0.2) is 0 Å². The third-order valence-electron chi connectivity index (χ3n) is 6.02. The van der Waals surface area contributed by atoms with Crippen LogP contribution in [0.4, 0.5) is 5.69 Å². The lowest BCUT2D eigenvalue weighted by molar-refractivity contribution is -0.146. The minimum atomic E-state index is -0.767. The molecule has 172 valence electrons. The molecule has 0 spiro atoms. The van der Waals surface area contributed by atoms with E-state index < -0.39 is 17.7 Å². The Morgan fingerprint density at radius 2 is 1.94 bits per heavy atom. The van der Waals surface area contributed by atoms with Crippen LogP contribution < -0.4 is 15.8 Å². The summed E-state index contributed by atoms with van der Waals surface area (Å²) >= 11 is 0. The number of primary amides is 1. The standard InChI is InChI=1S/C24H27N5O4/c1-14-4-8-20(15-5-7-19-16(10-15)13-28(2)27-19)29(12-14)24(32)23(31)26-17-6-9-21(33-3)18(11-17)22(25)30/h5-7,9-11,13-14,20H,4,8,12H2,1-3H3,(H2,25,30)(H,26,31)/t14-,20+/m1/s1. The van der Waals surface area contributed by atoms with Gasteiger partial charge in [0.05, 0.1) is 24.2 Å². The largest absolute Gasteiger partial charge is 0.496 e. The number of aryl methyl sites for hydroxylation is 1. The number of nitrogens with one attached hydrogen (secondary N) is 1. The van der Waals surface area contributed by atoms with Crippen molar-refractivity contribution < 1.29 is 19.1 Å². The lowest BCUT2D eigenvalue weighted by Crippen LogP contribution is -2.46. The Hall–Kier alpha value is -3.88. The highest BCUT2D eigenvalue weighted by Crippen LogP contribution is 2.34. The molecule has 9 nitrogen and oxygen atoms in total. The summed E-state index contributed by atoms with van der Waals surface area (Å²) in [6.07, 6.45) is 3.66. The minimum Gasteiger partial charge on any atom is -0.496 e. The van der Waals surface area contributed by atoms with E-state index in [1.165, 1.54) is 19.2 Å². The minimum absolute atomic E-state index is 0.122. The molecular weight excluding hydrogens is 422 g/mol. The van der Waals surface area contributed by atoms with Gasteiger partial charge in [-0.15, -0.1) is 0 Å². The van der Waals surface area contributed by atoms with Crippen LogP contribution in [0.25, 0.3) is 10.9 Å². The second-order valence-electron chi connectivity index (χ2n) is 8.51. The predicted molar refractivity (Wildman–Crippen MR) is 124 cm³/mol. The van der Waals surface area contributed by atoms with Gasteiger partial charge in [-0.3, -0.25) is 19.1 Å². The Balaban J connectivity index is 1.58. The molecule has 0 bridgehead atoms. The number of likely N-dealkylation sites (tertiary alicyclic amines) is 1. The molecule has 0 unspecified atom stereocenters. The van der Waals surface area contributed by atoms with Crippen molar-refractivity contribution >= 4 is 34.3 Å². The molecule has 1 aromatic heterocycles. The first-order valence-corrected chi connectivity index (χ1v) is 10.8. The molecule has 1 saturated heterocycles. The van der Waals surface area contributed by atoms with E-state index in [0.717, 1.165) is 29.3 Å². The average Bonchev–Trinajstić information content (AvgIpc) is 3.17. The molecule has 1 fully saturated rings. The fraction of sp³-hybridized carbons (Fsp3) is 0.333. The molecule has 0 aliphatic carbocycles. The van der Waals surface area contributed by atoms with Gasteiger partial charge in [0.1, 0.15) is 5.75 Å². The van der Waals surface area contributed by atoms with Crippen molar-refractivity contribution in [3.63, 3.8) is 0 Å². The number of rotatable bonds is 4. The molecular formula is C24H27N5O4. The molecule has 3 N–H and O–H groups in total. The predicted octanol–water partition coefficient (Wildman–Crippen LogP) is 2.62. The van der Waals surface area contributed by atoms with Crippen LogP contribution in [0.2, 0.25) is 0 Å². The van der Waals surface area contributed by atoms with Crippen LogP contribution in [-0.4, -0.2) is 46.1 Å². The van der Waals surface area contributed by atoms with Gasteiger partial charge in [0.2, 0.25) is 0 Å². The molecule has 1 aliphatic rings. The normalized spacial score (nSPS) is 18.2. The third kappa shape index (κ3) is 4.52. The molecule has 2 atom stereocenters. The molecule has 3 amide bonds. The smallest absolute Gasteiger partial charge is 0.313 e. The number of hydrogen-bond donors (Lipinski definition) is 2. The van der Waals surface area contributed by atoms with E-state index in [1.807, 2.05) is 31.4 Å². The van der Waals surface area contributed by atoms with Gasteiger partial charge >= 0.3 is 11.8 Å². The Kier molecular flexibility index (Phi) is 6.04. The van der Waals surface area contributed by atoms with Crippen LogP contribution in [0.3, 0.4) is 0 Å². The zero-order chi connectivity index (χ0) is 23.7. The van der Waals surface area contributed by atoms with Gasteiger partial charge in [-0.25, -0.2) is 0 Å². The monoisotopic (exact) mass is 449 g/mol. The van der Waals surface area contributed by atoms with Crippen molar-refractivity contribution in [2.24, 2.45) is 18.7 Å². The van der Waals surface area contributed by atoms with Crippen molar-refractivity contribution in [3.05, 3.63) is 53.7 Å². The summed E-state index contributed by atoms with van der Waals surface area (Å²) in [6, 6.07) is 10.2. The number of carbonyl (C=O) groups is 3. The van der Waals surface area contributed by atoms with Crippen molar-refractivity contribution in [3.8, 4) is 5.75 Å². The SMILES string of the molecule is COc1ccc(NC(=O)C(=O)N2C[C@H](C)CC[C@H]2c2ccc3nn(C)cc3c2)cc1C(N)=O. The van der Waals surface area contributed by atoms with Crippen LogP contribution in [0.15, 0.2) is 42.6 Å². The molecule has 4 rings (SSSR count). The Labute approximate surface area is 191 Å². The van der Waals surface area contributed by atoms with E-state index >= 15 is 0 Å². The van der Waals surface area contributed by atoms with Gasteiger partial charge in [-0.2, -0.15) is 5.10 Å². The van der Waals surface area contributed by atoms with E-state index in [0.29, 0.717) is 18.0 Å². The van der Waals surface area contributed by atoms with Gasteiger partial charge < -0.3 is 20.7 Å². The third-order valence-corrected chi connectivity index (χ3v) is 6.02. The fourth-order valence-electron chi connectivity index (χ4n) is 4.39. The number of carbonyl (C=O) groups excluding carboxylic acids is 3. The first kappa shape index (κ1) is 22.3. The lowest BCUT2D eigenvalue weighted by Gasteiger charge is -2.38. The molecule has 1 aliphatic heterocycles. The first-order valence-electron chi connectivity index (χ1n) is 10.8. The second-order valence-corrected chi connectivity index (χ2v) is 8.51. The zero-order valence-corrected chi connectivity index (χ0v) is 18.9. The zero-order valence-electron chi connectivity index (χ0n) is 18.9. The summed E-state index contributed by atoms with van der Waals surface area (Å²) in [5, 5.41) is 7.99. The highest BCUT2D eigenvalue weighted by molar-refractivity contribution is 6.39. The van der Waals surface area contributed by atoms with Gasteiger partial charge in [0, 0.05) is 30.9 Å². The Morgan fingerprint density at radius 3 is 2.67 bits per heavy atom. The summed E-state index contributed by atoms with van der Waals surface area (Å²) in [6.45, 7) is 2.55. The topological polar surface area (TPSA) is 120 Å². The van der Waals surface area contributed by atoms with Crippen LogP contribution in [0.1, 0.15) is 41.7 Å². The molecule has 3 aromatic rings. The van der Waals surface area contributed by atoms with Crippen LogP contribution in [0, 0.1) is 5.92 Å². The molecule has 0 radical (unpaired) electrons. The number of fused-ring (bicyclic) bond motifs is 1. The van der Waals surface area contributed by atoms with E-state index in [1.54, 1.807) is 15.6 Å². The van der Waals surface area contributed by atoms with E-state index in [-0.39, 0.29) is 17.5 Å². The summed E-state index contributed by atoms with van der Waals surface area (Å²) in [5.41, 5.74) is 7.66. The first-order chi connectivity index (χ1) is 15.8. The van der Waals surface area contributed by atoms with Gasteiger partial charge in [0.25, 0.3) is 5.91 Å². The van der Waals surface area contributed by atoms with Crippen LogP contribution in [0.5, 0.6) is 5.75 Å². The number of nitrogens with zero attached hydrogens (tertiary/aromatic N) is 3. The Morgan fingerprint density at radius 1 is 1.15 bits per heavy atom. The molecule has 2 aromatic carbocycles. The van der Waals surface area contributed by atoms with Crippen molar-refractivity contribution in [1.29, 1.82) is 0 Å². The summed E-state index contributed by atoms with van der Waals surface area (Å²) < 4.78 is 6.87. The van der Waals surface area contributed by atoms with Crippen molar-refractivity contribution in [2.75, 3.05) is 19.0 Å². The van der Waals surface area contributed by atoms with E-state index in [9.17, 15) is 14.4 Å². The van der Waals surface area contributed by atoms with Crippen LogP contribution in [-0.2, 0) is 16.6 Å². The van der Waals surface area contributed by atoms with Crippen molar-refractivity contribution in [2.45, 2.75) is 25.8 Å². The molecule has 9 heteroatoms. The summed E-state index contributed by atoms with van der Waals surface area (Å²) in [5.74, 6) is -1.50. The quantitative estimate of drug-likeness (QED) is 0.594. The number of methoxy groups -OCH3 is 1. The number of piperidine rings is 1. The number of amides is 3. The fourth-order valence-corrected chi connectivity index (χ4v) is 4.39. The highest BCUT2D eigenvalue weighted by Gasteiger charge is 2.34. The summed E-state index contributed by atoms with van der Waals surface area (Å²) in [4.78, 5) is 39.4. The molecule has 33 heavy (non-hydrogen) atoms. The number of benzene rings is 2. The van der Waals surface area contributed by atoms with E-state index in [2.05, 4.69) is 17.3 Å².